The van der Waals surface area contributed by atoms with Gasteiger partial charge >= 0.3 is 5.69 Å². The highest BCUT2D eigenvalue weighted by atomic mass is 32.1. The van der Waals surface area contributed by atoms with E-state index >= 15 is 0 Å². The Morgan fingerprint density at radius 3 is 2.64 bits per heavy atom. The summed E-state index contributed by atoms with van der Waals surface area (Å²) in [7, 11) is 1.59. The molecule has 8 nitrogen and oxygen atoms in total. The number of methoxy groups -OCH3 is 1. The summed E-state index contributed by atoms with van der Waals surface area (Å²) < 4.78 is 8.11. The van der Waals surface area contributed by atoms with Crippen molar-refractivity contribution in [3.05, 3.63) is 86.9 Å². The maximum atomic E-state index is 13.6. The van der Waals surface area contributed by atoms with Gasteiger partial charge < -0.3 is 10.1 Å². The fourth-order valence-electron chi connectivity index (χ4n) is 4.83. The third kappa shape index (κ3) is 4.05. The molecule has 0 aliphatic heterocycles. The van der Waals surface area contributed by atoms with Crippen molar-refractivity contribution in [3.8, 4) is 5.75 Å². The van der Waals surface area contributed by atoms with Gasteiger partial charge in [-0.25, -0.2) is 9.78 Å². The molecule has 0 radical (unpaired) electrons. The van der Waals surface area contributed by atoms with Gasteiger partial charge in [-0.2, -0.15) is 4.52 Å². The maximum absolute atomic E-state index is 13.6. The van der Waals surface area contributed by atoms with Crippen LogP contribution in [0.25, 0.3) is 15.9 Å². The molecule has 0 fully saturated rings. The number of fused-ring (bicyclic) bond motifs is 5. The number of thiophene rings is 1. The van der Waals surface area contributed by atoms with Crippen LogP contribution in [0.15, 0.2) is 59.4 Å². The molecule has 2 aromatic carbocycles. The number of hydrogen-bond acceptors (Lipinski definition) is 6. The smallest absolute Gasteiger partial charge is 0.352 e. The third-order valence-electron chi connectivity index (χ3n) is 6.57. The third-order valence-corrected chi connectivity index (χ3v) is 7.88. The molecule has 1 amide bonds. The van der Waals surface area contributed by atoms with Crippen molar-refractivity contribution in [2.24, 2.45) is 0 Å². The number of hydrogen-bond donors (Lipinski definition) is 1. The van der Waals surface area contributed by atoms with E-state index in [1.54, 1.807) is 47.3 Å². The Kier molecular flexibility index (Phi) is 5.77. The van der Waals surface area contributed by atoms with Crippen molar-refractivity contribution in [1.82, 2.24) is 19.2 Å². The number of carbonyl (C=O) groups is 1. The first-order valence-corrected chi connectivity index (χ1v) is 12.8. The summed E-state index contributed by atoms with van der Waals surface area (Å²) in [5, 5.41) is 8.43. The van der Waals surface area contributed by atoms with Gasteiger partial charge in [-0.15, -0.1) is 16.4 Å². The van der Waals surface area contributed by atoms with E-state index in [1.807, 2.05) is 30.3 Å². The highest BCUT2D eigenvalue weighted by molar-refractivity contribution is 7.19. The van der Waals surface area contributed by atoms with Crippen molar-refractivity contribution in [3.63, 3.8) is 0 Å². The maximum Gasteiger partial charge on any atom is 0.352 e. The fourth-order valence-corrected chi connectivity index (χ4v) is 6.21. The predicted octanol–water partition coefficient (Wildman–Crippen LogP) is 4.22. The summed E-state index contributed by atoms with van der Waals surface area (Å²) >= 11 is 1.61. The molecule has 1 aliphatic carbocycles. The molecule has 182 valence electrons. The molecule has 1 N–H and O–H groups in total. The van der Waals surface area contributed by atoms with Gasteiger partial charge in [0.2, 0.25) is 5.91 Å². The SMILES string of the molecule is COc1ccc(NC(=O)Cn2c(=O)n3nc(Cc4ccccc4)nc3c3c4c(sc32)CCCC4)cc1. The molecule has 0 saturated carbocycles. The minimum Gasteiger partial charge on any atom is -0.497 e. The Morgan fingerprint density at radius 2 is 1.86 bits per heavy atom. The second-order valence-corrected chi connectivity index (χ2v) is 10.0. The average molecular weight is 500 g/mol. The van der Waals surface area contributed by atoms with Crippen LogP contribution in [-0.2, 0) is 30.6 Å². The zero-order chi connectivity index (χ0) is 24.6. The van der Waals surface area contributed by atoms with Crippen molar-refractivity contribution >= 4 is 38.8 Å². The van der Waals surface area contributed by atoms with Crippen LogP contribution in [0.2, 0.25) is 0 Å². The number of ether oxygens (including phenoxy) is 1. The number of anilines is 1. The van der Waals surface area contributed by atoms with Crippen molar-refractivity contribution < 1.29 is 9.53 Å². The predicted molar refractivity (Wildman–Crippen MR) is 140 cm³/mol. The van der Waals surface area contributed by atoms with Gasteiger partial charge in [-0.3, -0.25) is 9.36 Å². The molecule has 9 heteroatoms. The van der Waals surface area contributed by atoms with E-state index in [-0.39, 0.29) is 18.1 Å². The van der Waals surface area contributed by atoms with Crippen LogP contribution in [-0.4, -0.2) is 32.2 Å². The zero-order valence-electron chi connectivity index (χ0n) is 19.9. The van der Waals surface area contributed by atoms with Gasteiger partial charge in [0.05, 0.1) is 12.5 Å². The molecule has 0 saturated heterocycles. The van der Waals surface area contributed by atoms with Gasteiger partial charge in [0.15, 0.2) is 11.5 Å². The van der Waals surface area contributed by atoms with Crippen LogP contribution in [0.4, 0.5) is 5.69 Å². The van der Waals surface area contributed by atoms with E-state index in [9.17, 15) is 9.59 Å². The fraction of sp³-hybridized carbons (Fsp3) is 0.259. The number of amides is 1. The van der Waals surface area contributed by atoms with E-state index in [0.717, 1.165) is 41.5 Å². The minimum atomic E-state index is -0.354. The molecule has 3 heterocycles. The molecular weight excluding hydrogens is 474 g/mol. The molecule has 36 heavy (non-hydrogen) atoms. The lowest BCUT2D eigenvalue weighted by atomic mass is 9.97. The summed E-state index contributed by atoms with van der Waals surface area (Å²) in [6.07, 6.45) is 4.70. The standard InChI is InChI=1S/C27H25N5O3S/c1-35-19-13-11-18(12-14-19)28-23(33)16-31-26-24(20-9-5-6-10-21(20)36-26)25-29-22(30-32(25)27(31)34)15-17-7-3-2-4-8-17/h2-4,7-8,11-14H,5-6,9-10,15-16H2,1H3,(H,28,33). The van der Waals surface area contributed by atoms with Crippen molar-refractivity contribution in [2.45, 2.75) is 38.6 Å². The number of rotatable bonds is 6. The first-order valence-electron chi connectivity index (χ1n) is 12.0. The normalized spacial score (nSPS) is 13.1. The molecule has 3 aromatic heterocycles. The van der Waals surface area contributed by atoms with Crippen molar-refractivity contribution in [1.29, 1.82) is 0 Å². The Bertz CT molecular complexity index is 1630. The molecule has 0 bridgehead atoms. The van der Waals surface area contributed by atoms with Gasteiger partial charge in [-0.1, -0.05) is 30.3 Å². The Morgan fingerprint density at radius 1 is 1.08 bits per heavy atom. The number of aromatic nitrogens is 4. The molecule has 1 aliphatic rings. The average Bonchev–Trinajstić information content (AvgIpc) is 3.49. The number of nitrogens with one attached hydrogen (secondary N) is 1. The van der Waals surface area contributed by atoms with Crippen molar-refractivity contribution in [2.75, 3.05) is 12.4 Å². The highest BCUT2D eigenvalue weighted by Gasteiger charge is 2.25. The quantitative estimate of drug-likeness (QED) is 0.378. The van der Waals surface area contributed by atoms with Gasteiger partial charge in [-0.05, 0) is 61.1 Å². The monoisotopic (exact) mass is 499 g/mol. The van der Waals surface area contributed by atoms with Crippen LogP contribution in [0, 0.1) is 0 Å². The van der Waals surface area contributed by atoms with Gasteiger partial charge in [0, 0.05) is 17.0 Å². The molecule has 0 spiro atoms. The summed E-state index contributed by atoms with van der Waals surface area (Å²) in [4.78, 5) is 33.5. The second-order valence-electron chi connectivity index (χ2n) is 8.96. The molecule has 0 unspecified atom stereocenters. The lowest BCUT2D eigenvalue weighted by molar-refractivity contribution is -0.116. The van der Waals surface area contributed by atoms with E-state index < -0.39 is 0 Å². The van der Waals surface area contributed by atoms with E-state index in [4.69, 9.17) is 9.72 Å². The lowest BCUT2D eigenvalue weighted by Gasteiger charge is -2.11. The molecule has 6 rings (SSSR count). The van der Waals surface area contributed by atoms with Gasteiger partial charge in [0.25, 0.3) is 0 Å². The summed E-state index contributed by atoms with van der Waals surface area (Å²) in [6, 6.07) is 17.1. The highest BCUT2D eigenvalue weighted by Crippen LogP contribution is 2.37. The van der Waals surface area contributed by atoms with E-state index in [1.165, 1.54) is 15.0 Å². The van der Waals surface area contributed by atoms with Crippen LogP contribution in [0.3, 0.4) is 0 Å². The summed E-state index contributed by atoms with van der Waals surface area (Å²) in [5.41, 5.74) is 3.20. The molecule has 5 aromatic rings. The number of carbonyl (C=O) groups excluding carboxylic acids is 1. The first-order chi connectivity index (χ1) is 17.6. The van der Waals surface area contributed by atoms with E-state index in [0.29, 0.717) is 29.3 Å². The van der Waals surface area contributed by atoms with Crippen LogP contribution >= 0.6 is 11.3 Å². The Labute approximate surface area is 211 Å². The Balaban J connectivity index is 1.43. The minimum absolute atomic E-state index is 0.107. The molecule has 0 atom stereocenters. The van der Waals surface area contributed by atoms with Gasteiger partial charge in [0.1, 0.15) is 17.1 Å². The van der Waals surface area contributed by atoms with Crippen LogP contribution in [0.1, 0.15) is 34.7 Å². The number of aryl methyl sites for hydroxylation is 2. The first kappa shape index (κ1) is 22.5. The summed E-state index contributed by atoms with van der Waals surface area (Å²) in [6.45, 7) is -0.107. The number of benzene rings is 2. The summed E-state index contributed by atoms with van der Waals surface area (Å²) in [5.74, 6) is 1.02. The largest absolute Gasteiger partial charge is 0.497 e. The Hall–Kier alpha value is -3.98. The van der Waals surface area contributed by atoms with E-state index in [2.05, 4.69) is 10.4 Å². The lowest BCUT2D eigenvalue weighted by Crippen LogP contribution is -2.32. The second kappa shape index (κ2) is 9.23. The number of nitrogens with zero attached hydrogens (tertiary/aromatic N) is 4. The zero-order valence-corrected chi connectivity index (χ0v) is 20.7. The topological polar surface area (TPSA) is 90.5 Å². The molecular formula is C27H25N5O3S. The van der Waals surface area contributed by atoms with Crippen LogP contribution in [0.5, 0.6) is 5.75 Å². The van der Waals surface area contributed by atoms with Crippen LogP contribution < -0.4 is 15.7 Å².